The summed E-state index contributed by atoms with van der Waals surface area (Å²) in [5, 5.41) is 9.08. The minimum Gasteiger partial charge on any atom is -0.478 e. The molecular formula is C19H9F6NO4. The monoisotopic (exact) mass is 429 g/mol. The fraction of sp³-hybridized carbons (Fsp3) is 0.158. The maximum absolute atomic E-state index is 13.3. The Balaban J connectivity index is 2.18. The standard InChI is InChI=1S/C19H9F6NO4/c20-18(21,22)16-14(17(27)28)9-11-8-13(30-19(23,24)25)7-10(15(11)29-16)4-5-12-3-1-2-6-26-12/h1-3,6-9,16H,(H,27,28). The number of aliphatic carboxylic acids is 1. The number of aromatic nitrogens is 1. The smallest absolute Gasteiger partial charge is 0.478 e. The molecule has 0 spiro atoms. The van der Waals surface area contributed by atoms with Crippen molar-refractivity contribution >= 4 is 12.0 Å². The van der Waals surface area contributed by atoms with E-state index in [1.54, 1.807) is 12.1 Å². The van der Waals surface area contributed by atoms with Gasteiger partial charge >= 0.3 is 18.5 Å². The van der Waals surface area contributed by atoms with E-state index >= 15 is 0 Å². The second kappa shape index (κ2) is 7.62. The first kappa shape index (κ1) is 21.0. The predicted octanol–water partition coefficient (Wildman–Crippen LogP) is 4.17. The number of rotatable bonds is 2. The SMILES string of the molecule is O=C(O)C1=Cc2cc(OC(F)(F)F)cc(C#Cc3ccccn3)c2OC1C(F)(F)F. The summed E-state index contributed by atoms with van der Waals surface area (Å²) in [6, 6.07) is 6.09. The molecule has 0 saturated carbocycles. The van der Waals surface area contributed by atoms with E-state index in [0.717, 1.165) is 6.07 Å². The molecule has 1 aromatic carbocycles. The summed E-state index contributed by atoms with van der Waals surface area (Å²) in [5.41, 5.74) is -1.73. The number of hydrogen-bond donors (Lipinski definition) is 1. The quantitative estimate of drug-likeness (QED) is 0.574. The molecule has 2 aromatic rings. The average molecular weight is 429 g/mol. The van der Waals surface area contributed by atoms with Crippen LogP contribution in [0.25, 0.3) is 6.08 Å². The van der Waals surface area contributed by atoms with E-state index in [1.165, 1.54) is 12.3 Å². The number of carboxylic acids is 1. The summed E-state index contributed by atoms with van der Waals surface area (Å²) in [7, 11) is 0. The first-order chi connectivity index (χ1) is 13.9. The molecule has 3 rings (SSSR count). The summed E-state index contributed by atoms with van der Waals surface area (Å²) in [4.78, 5) is 15.1. The van der Waals surface area contributed by atoms with Crippen LogP contribution in [0.2, 0.25) is 0 Å². The Hall–Kier alpha value is -3.68. The minimum atomic E-state index is -5.09. The van der Waals surface area contributed by atoms with Crippen LogP contribution in [0.15, 0.2) is 42.1 Å². The average Bonchev–Trinajstić information content (AvgIpc) is 2.63. The third-order valence-electron chi connectivity index (χ3n) is 3.69. The molecule has 0 aliphatic carbocycles. The largest absolute Gasteiger partial charge is 0.573 e. The molecule has 0 amide bonds. The molecule has 156 valence electrons. The molecular weight excluding hydrogens is 420 g/mol. The van der Waals surface area contributed by atoms with Crippen molar-refractivity contribution in [3.8, 4) is 23.3 Å². The van der Waals surface area contributed by atoms with Crippen molar-refractivity contribution in [1.29, 1.82) is 0 Å². The van der Waals surface area contributed by atoms with Gasteiger partial charge in [0.2, 0.25) is 6.10 Å². The number of carbonyl (C=O) groups is 1. The van der Waals surface area contributed by atoms with E-state index in [1.807, 2.05) is 0 Å². The number of ether oxygens (including phenoxy) is 2. The van der Waals surface area contributed by atoms with Gasteiger partial charge in [-0.3, -0.25) is 0 Å². The molecule has 1 unspecified atom stereocenters. The van der Waals surface area contributed by atoms with Gasteiger partial charge in [-0.15, -0.1) is 13.2 Å². The van der Waals surface area contributed by atoms with Crippen LogP contribution in [-0.4, -0.2) is 34.7 Å². The lowest BCUT2D eigenvalue weighted by Crippen LogP contribution is -2.40. The third kappa shape index (κ3) is 4.83. The Labute approximate surface area is 164 Å². The maximum Gasteiger partial charge on any atom is 0.573 e. The fourth-order valence-electron chi connectivity index (χ4n) is 2.56. The van der Waals surface area contributed by atoms with Gasteiger partial charge in [0.1, 0.15) is 17.2 Å². The molecule has 5 nitrogen and oxygen atoms in total. The van der Waals surface area contributed by atoms with Crippen molar-refractivity contribution in [3.05, 3.63) is 58.9 Å². The Morgan fingerprint density at radius 3 is 2.43 bits per heavy atom. The second-order valence-electron chi connectivity index (χ2n) is 5.85. The third-order valence-corrected chi connectivity index (χ3v) is 3.69. The lowest BCUT2D eigenvalue weighted by molar-refractivity contribution is -0.274. The van der Waals surface area contributed by atoms with Crippen LogP contribution < -0.4 is 9.47 Å². The molecule has 30 heavy (non-hydrogen) atoms. The van der Waals surface area contributed by atoms with Crippen molar-refractivity contribution in [2.75, 3.05) is 0 Å². The van der Waals surface area contributed by atoms with Crippen LogP contribution in [0.5, 0.6) is 11.5 Å². The van der Waals surface area contributed by atoms with E-state index < -0.39 is 41.7 Å². The fourth-order valence-corrected chi connectivity index (χ4v) is 2.56. The highest BCUT2D eigenvalue weighted by Gasteiger charge is 2.49. The number of fused-ring (bicyclic) bond motifs is 1. The van der Waals surface area contributed by atoms with Crippen LogP contribution in [0.3, 0.4) is 0 Å². The van der Waals surface area contributed by atoms with Gasteiger partial charge in [0.25, 0.3) is 0 Å². The van der Waals surface area contributed by atoms with E-state index in [-0.39, 0.29) is 16.8 Å². The van der Waals surface area contributed by atoms with Crippen molar-refractivity contribution in [2.24, 2.45) is 0 Å². The van der Waals surface area contributed by atoms with E-state index in [0.29, 0.717) is 12.1 Å². The minimum absolute atomic E-state index is 0.193. The molecule has 1 aliphatic rings. The Kier molecular flexibility index (Phi) is 5.35. The molecule has 1 N–H and O–H groups in total. The van der Waals surface area contributed by atoms with E-state index in [4.69, 9.17) is 9.84 Å². The molecule has 0 bridgehead atoms. The summed E-state index contributed by atoms with van der Waals surface area (Å²) in [5.74, 6) is 1.62. The Morgan fingerprint density at radius 2 is 1.87 bits per heavy atom. The number of pyridine rings is 1. The van der Waals surface area contributed by atoms with Gasteiger partial charge in [-0.1, -0.05) is 12.0 Å². The van der Waals surface area contributed by atoms with Gasteiger partial charge in [-0.05, 0) is 36.3 Å². The van der Waals surface area contributed by atoms with E-state index in [9.17, 15) is 31.1 Å². The van der Waals surface area contributed by atoms with Crippen LogP contribution in [0, 0.1) is 11.8 Å². The van der Waals surface area contributed by atoms with Gasteiger partial charge in [-0.2, -0.15) is 13.2 Å². The number of nitrogens with zero attached hydrogens (tertiary/aromatic N) is 1. The summed E-state index contributed by atoms with van der Waals surface area (Å²) < 4.78 is 86.4. The van der Waals surface area contributed by atoms with Crippen LogP contribution in [0.4, 0.5) is 26.3 Å². The van der Waals surface area contributed by atoms with Crippen molar-refractivity contribution in [3.63, 3.8) is 0 Å². The number of carboxylic acid groups (broad SMARTS) is 1. The van der Waals surface area contributed by atoms with Gasteiger partial charge in [0, 0.05) is 11.8 Å². The topological polar surface area (TPSA) is 68.7 Å². The maximum atomic E-state index is 13.3. The van der Waals surface area contributed by atoms with Gasteiger partial charge in [0.15, 0.2) is 0 Å². The molecule has 1 atom stereocenters. The van der Waals surface area contributed by atoms with Crippen LogP contribution in [-0.2, 0) is 4.79 Å². The molecule has 1 aromatic heterocycles. The summed E-state index contributed by atoms with van der Waals surface area (Å²) in [6.07, 6.45) is -11.0. The molecule has 2 heterocycles. The molecule has 0 fully saturated rings. The molecule has 0 saturated heterocycles. The number of benzene rings is 1. The number of halogens is 6. The molecule has 1 aliphatic heterocycles. The Bertz CT molecular complexity index is 1060. The number of hydrogen-bond acceptors (Lipinski definition) is 4. The molecule has 11 heteroatoms. The number of alkyl halides is 6. The summed E-state index contributed by atoms with van der Waals surface area (Å²) >= 11 is 0. The lowest BCUT2D eigenvalue weighted by Gasteiger charge is -2.28. The first-order valence-electron chi connectivity index (χ1n) is 7.99. The normalized spacial score (nSPS) is 15.8. The lowest BCUT2D eigenvalue weighted by atomic mass is 9.98. The zero-order valence-corrected chi connectivity index (χ0v) is 14.5. The second-order valence-corrected chi connectivity index (χ2v) is 5.85. The zero-order chi connectivity index (χ0) is 22.1. The first-order valence-corrected chi connectivity index (χ1v) is 7.99. The molecule has 0 radical (unpaired) electrons. The van der Waals surface area contributed by atoms with Crippen molar-refractivity contribution in [2.45, 2.75) is 18.6 Å². The van der Waals surface area contributed by atoms with Gasteiger partial charge in [0.05, 0.1) is 11.1 Å². The highest BCUT2D eigenvalue weighted by Crippen LogP contribution is 2.41. The van der Waals surface area contributed by atoms with Crippen LogP contribution >= 0.6 is 0 Å². The van der Waals surface area contributed by atoms with Gasteiger partial charge < -0.3 is 14.6 Å². The predicted molar refractivity (Wildman–Crippen MR) is 89.4 cm³/mol. The van der Waals surface area contributed by atoms with Gasteiger partial charge in [-0.25, -0.2) is 9.78 Å². The van der Waals surface area contributed by atoms with Crippen LogP contribution in [0.1, 0.15) is 16.8 Å². The van der Waals surface area contributed by atoms with Crippen molar-refractivity contribution in [1.82, 2.24) is 4.98 Å². The highest BCUT2D eigenvalue weighted by molar-refractivity contribution is 5.95. The Morgan fingerprint density at radius 1 is 1.13 bits per heavy atom. The van der Waals surface area contributed by atoms with Crippen molar-refractivity contribution < 1.29 is 45.7 Å². The summed E-state index contributed by atoms with van der Waals surface area (Å²) in [6.45, 7) is 0. The zero-order valence-electron chi connectivity index (χ0n) is 14.5. The van der Waals surface area contributed by atoms with E-state index in [2.05, 4.69) is 21.6 Å². The highest BCUT2D eigenvalue weighted by atomic mass is 19.4.